The number of carbonyl (C=O) groups excluding carboxylic acids is 3. The van der Waals surface area contributed by atoms with Gasteiger partial charge in [0, 0.05) is 21.8 Å². The highest BCUT2D eigenvalue weighted by Gasteiger charge is 2.15. The molecule has 0 fully saturated rings. The molecule has 0 aromatic heterocycles. The number of benzene rings is 3. The summed E-state index contributed by atoms with van der Waals surface area (Å²) in [4.78, 5) is 37.6. The van der Waals surface area contributed by atoms with Crippen LogP contribution in [0.5, 0.6) is 0 Å². The molecule has 2 amide bonds. The van der Waals surface area contributed by atoms with E-state index >= 15 is 0 Å². The molecule has 0 saturated carbocycles. The van der Waals surface area contributed by atoms with Crippen molar-refractivity contribution in [2.24, 2.45) is 0 Å². The van der Waals surface area contributed by atoms with Crippen molar-refractivity contribution in [2.75, 3.05) is 17.2 Å². The Balaban J connectivity index is 1.53. The Bertz CT molecular complexity index is 1130. The molecule has 33 heavy (non-hydrogen) atoms. The normalized spacial score (nSPS) is 11.4. The summed E-state index contributed by atoms with van der Waals surface area (Å²) in [7, 11) is 0. The molecular weight excluding hydrogens is 436 g/mol. The van der Waals surface area contributed by atoms with Gasteiger partial charge in [-0.1, -0.05) is 17.7 Å². The smallest absolute Gasteiger partial charge is 0.338 e. The minimum atomic E-state index is -0.391. The third-order valence-electron chi connectivity index (χ3n) is 4.74. The maximum Gasteiger partial charge on any atom is 0.338 e. The van der Waals surface area contributed by atoms with Gasteiger partial charge in [0.05, 0.1) is 17.4 Å². The number of nitrogens with one attached hydrogen (secondary N) is 2. The van der Waals surface area contributed by atoms with Gasteiger partial charge in [-0.05, 0) is 81.4 Å². The first-order chi connectivity index (χ1) is 15.9. The van der Waals surface area contributed by atoms with Crippen LogP contribution in [0.4, 0.5) is 11.4 Å². The van der Waals surface area contributed by atoms with Crippen LogP contribution in [0.3, 0.4) is 0 Å². The maximum absolute atomic E-state index is 12.6. The molecule has 1 atom stereocenters. The monoisotopic (exact) mass is 462 g/mol. The van der Waals surface area contributed by atoms with Crippen molar-refractivity contribution in [3.05, 3.63) is 89.5 Å². The second-order valence-corrected chi connectivity index (χ2v) is 8.81. The predicted octanol–water partition coefficient (Wildman–Crippen LogP) is 5.54. The lowest BCUT2D eigenvalue weighted by Crippen LogP contribution is -2.22. The zero-order chi connectivity index (χ0) is 23.8. The van der Waals surface area contributed by atoms with Crippen molar-refractivity contribution in [2.45, 2.75) is 30.9 Å². The average molecular weight is 463 g/mol. The molecule has 0 aliphatic carbocycles. The number of anilines is 2. The van der Waals surface area contributed by atoms with E-state index in [1.807, 2.05) is 56.3 Å². The highest BCUT2D eigenvalue weighted by Crippen LogP contribution is 2.26. The molecule has 0 heterocycles. The maximum atomic E-state index is 12.6. The van der Waals surface area contributed by atoms with Crippen molar-refractivity contribution < 1.29 is 19.1 Å². The van der Waals surface area contributed by atoms with E-state index in [4.69, 9.17) is 4.74 Å². The minimum Gasteiger partial charge on any atom is -0.462 e. The van der Waals surface area contributed by atoms with E-state index in [9.17, 15) is 14.4 Å². The SMILES string of the molecule is CCOC(=O)c1ccc(NC(=O)C(C)Sc2ccc(NC(=O)c3cccc(C)c3)cc2)cc1. The van der Waals surface area contributed by atoms with Crippen LogP contribution in [0.15, 0.2) is 77.7 Å². The molecule has 3 rings (SSSR count). The predicted molar refractivity (Wildman–Crippen MR) is 132 cm³/mol. The standard InChI is InChI=1S/C26H26N2O4S/c1-4-32-26(31)19-8-10-21(11-9-19)27-24(29)18(3)33-23-14-12-22(13-15-23)28-25(30)20-7-5-6-17(2)16-20/h5-16,18H,4H2,1-3H3,(H,27,29)(H,28,30). The van der Waals surface area contributed by atoms with Crippen molar-refractivity contribution in [1.29, 1.82) is 0 Å². The van der Waals surface area contributed by atoms with Gasteiger partial charge in [-0.25, -0.2) is 4.79 Å². The summed E-state index contributed by atoms with van der Waals surface area (Å²) in [6, 6.07) is 21.4. The fourth-order valence-electron chi connectivity index (χ4n) is 3.01. The average Bonchev–Trinajstić information content (AvgIpc) is 2.81. The number of hydrogen-bond donors (Lipinski definition) is 2. The Kier molecular flexibility index (Phi) is 8.27. The fraction of sp³-hybridized carbons (Fsp3) is 0.192. The summed E-state index contributed by atoms with van der Waals surface area (Å²) in [6.07, 6.45) is 0. The lowest BCUT2D eigenvalue weighted by Gasteiger charge is -2.13. The Hall–Kier alpha value is -3.58. The molecule has 7 heteroatoms. The van der Waals surface area contributed by atoms with Gasteiger partial charge in [-0.15, -0.1) is 11.8 Å². The van der Waals surface area contributed by atoms with Crippen molar-refractivity contribution in [1.82, 2.24) is 0 Å². The molecular formula is C26H26N2O4S. The first-order valence-electron chi connectivity index (χ1n) is 10.6. The van der Waals surface area contributed by atoms with Crippen LogP contribution in [-0.4, -0.2) is 29.6 Å². The molecule has 0 spiro atoms. The van der Waals surface area contributed by atoms with Gasteiger partial charge in [-0.3, -0.25) is 9.59 Å². The van der Waals surface area contributed by atoms with Gasteiger partial charge in [0.1, 0.15) is 0 Å². The largest absolute Gasteiger partial charge is 0.462 e. The van der Waals surface area contributed by atoms with E-state index in [-0.39, 0.29) is 17.1 Å². The van der Waals surface area contributed by atoms with Crippen LogP contribution in [0.25, 0.3) is 0 Å². The molecule has 3 aromatic rings. The van der Waals surface area contributed by atoms with E-state index in [1.165, 1.54) is 11.8 Å². The van der Waals surface area contributed by atoms with Crippen LogP contribution >= 0.6 is 11.8 Å². The number of carbonyl (C=O) groups is 3. The van der Waals surface area contributed by atoms with Gasteiger partial charge in [0.2, 0.25) is 5.91 Å². The second-order valence-electron chi connectivity index (χ2n) is 7.40. The number of hydrogen-bond acceptors (Lipinski definition) is 5. The number of amides is 2. The molecule has 0 aliphatic heterocycles. The summed E-state index contributed by atoms with van der Waals surface area (Å²) >= 11 is 1.41. The molecule has 3 aromatic carbocycles. The highest BCUT2D eigenvalue weighted by atomic mass is 32.2. The van der Waals surface area contributed by atoms with Gasteiger partial charge >= 0.3 is 5.97 Å². The van der Waals surface area contributed by atoms with Gasteiger partial charge < -0.3 is 15.4 Å². The first kappa shape index (κ1) is 24.1. The Morgan fingerprint density at radius 2 is 1.52 bits per heavy atom. The summed E-state index contributed by atoms with van der Waals surface area (Å²) in [5.74, 6) is -0.709. The minimum absolute atomic E-state index is 0.152. The van der Waals surface area contributed by atoms with Crippen molar-refractivity contribution in [3.63, 3.8) is 0 Å². The number of aryl methyl sites for hydroxylation is 1. The Morgan fingerprint density at radius 1 is 0.879 bits per heavy atom. The zero-order valence-corrected chi connectivity index (χ0v) is 19.6. The third kappa shape index (κ3) is 6.95. The quantitative estimate of drug-likeness (QED) is 0.339. The van der Waals surface area contributed by atoms with E-state index < -0.39 is 5.97 Å². The zero-order valence-electron chi connectivity index (χ0n) is 18.8. The van der Waals surface area contributed by atoms with E-state index in [0.29, 0.717) is 29.1 Å². The molecule has 2 N–H and O–H groups in total. The van der Waals surface area contributed by atoms with Gasteiger partial charge in [0.15, 0.2) is 0 Å². The summed E-state index contributed by atoms with van der Waals surface area (Å²) in [6.45, 7) is 5.83. The number of esters is 1. The third-order valence-corrected chi connectivity index (χ3v) is 5.85. The topological polar surface area (TPSA) is 84.5 Å². The van der Waals surface area contributed by atoms with E-state index in [1.54, 1.807) is 37.3 Å². The molecule has 1 unspecified atom stereocenters. The number of ether oxygens (including phenoxy) is 1. The number of thioether (sulfide) groups is 1. The molecule has 6 nitrogen and oxygen atoms in total. The van der Waals surface area contributed by atoms with Crippen LogP contribution in [0.2, 0.25) is 0 Å². The fourth-order valence-corrected chi connectivity index (χ4v) is 3.88. The lowest BCUT2D eigenvalue weighted by molar-refractivity contribution is -0.115. The van der Waals surface area contributed by atoms with Crippen molar-refractivity contribution >= 4 is 40.9 Å². The van der Waals surface area contributed by atoms with E-state index in [2.05, 4.69) is 10.6 Å². The van der Waals surface area contributed by atoms with Crippen LogP contribution in [0, 0.1) is 6.92 Å². The summed E-state index contributed by atoms with van der Waals surface area (Å²) in [5, 5.41) is 5.39. The van der Waals surface area contributed by atoms with E-state index in [0.717, 1.165) is 10.5 Å². The van der Waals surface area contributed by atoms with Crippen LogP contribution < -0.4 is 10.6 Å². The summed E-state index contributed by atoms with van der Waals surface area (Å²) in [5.41, 5.74) is 3.36. The number of rotatable bonds is 8. The Morgan fingerprint density at radius 3 is 2.15 bits per heavy atom. The summed E-state index contributed by atoms with van der Waals surface area (Å²) < 4.78 is 4.96. The molecule has 0 saturated heterocycles. The van der Waals surface area contributed by atoms with Crippen LogP contribution in [0.1, 0.15) is 40.1 Å². The van der Waals surface area contributed by atoms with Crippen molar-refractivity contribution in [3.8, 4) is 0 Å². The molecule has 0 radical (unpaired) electrons. The second kappa shape index (κ2) is 11.3. The Labute approximate surface area is 197 Å². The van der Waals surface area contributed by atoms with Crippen LogP contribution in [-0.2, 0) is 9.53 Å². The van der Waals surface area contributed by atoms with Gasteiger partial charge in [-0.2, -0.15) is 0 Å². The lowest BCUT2D eigenvalue weighted by atomic mass is 10.1. The highest BCUT2D eigenvalue weighted by molar-refractivity contribution is 8.00. The molecule has 170 valence electrons. The molecule has 0 aliphatic rings. The van der Waals surface area contributed by atoms with Gasteiger partial charge in [0.25, 0.3) is 5.91 Å². The first-order valence-corrected chi connectivity index (χ1v) is 11.5. The molecule has 0 bridgehead atoms.